The minimum absolute atomic E-state index is 0.596. The Morgan fingerprint density at radius 3 is 2.43 bits per heavy atom. The molecule has 0 spiro atoms. The molecular formula is C16H15Br2NO2. The van der Waals surface area contributed by atoms with Gasteiger partial charge in [-0.3, -0.25) is 0 Å². The number of rotatable bonds is 3. The van der Waals surface area contributed by atoms with Crippen LogP contribution < -0.4 is 14.8 Å². The van der Waals surface area contributed by atoms with Crippen molar-refractivity contribution >= 4 is 37.5 Å². The Kier molecular flexibility index (Phi) is 4.40. The molecule has 2 aromatic carbocycles. The number of ether oxygens (including phenoxy) is 2. The molecule has 0 amide bonds. The van der Waals surface area contributed by atoms with Gasteiger partial charge in [0.15, 0.2) is 11.5 Å². The molecule has 1 aliphatic heterocycles. The van der Waals surface area contributed by atoms with E-state index in [9.17, 15) is 0 Å². The fourth-order valence-electron chi connectivity index (χ4n) is 2.14. The van der Waals surface area contributed by atoms with Gasteiger partial charge in [-0.1, -0.05) is 28.1 Å². The van der Waals surface area contributed by atoms with E-state index in [1.165, 1.54) is 11.1 Å². The average molecular weight is 413 g/mol. The Morgan fingerprint density at radius 1 is 1.00 bits per heavy atom. The molecule has 3 nitrogen and oxygen atoms in total. The zero-order chi connectivity index (χ0) is 14.8. The first-order valence-corrected chi connectivity index (χ1v) is 8.30. The second-order valence-electron chi connectivity index (χ2n) is 4.91. The van der Waals surface area contributed by atoms with Crippen LogP contribution in [0.1, 0.15) is 11.1 Å². The van der Waals surface area contributed by atoms with Gasteiger partial charge < -0.3 is 14.8 Å². The molecule has 3 rings (SSSR count). The summed E-state index contributed by atoms with van der Waals surface area (Å²) in [7, 11) is 0. The van der Waals surface area contributed by atoms with E-state index in [-0.39, 0.29) is 0 Å². The van der Waals surface area contributed by atoms with E-state index in [2.05, 4.69) is 62.3 Å². The van der Waals surface area contributed by atoms with Gasteiger partial charge in [-0.15, -0.1) is 0 Å². The molecule has 21 heavy (non-hydrogen) atoms. The van der Waals surface area contributed by atoms with Crippen molar-refractivity contribution in [1.82, 2.24) is 0 Å². The molecule has 5 heteroatoms. The van der Waals surface area contributed by atoms with Gasteiger partial charge in [0.25, 0.3) is 0 Å². The summed E-state index contributed by atoms with van der Waals surface area (Å²) >= 11 is 7.13. The number of halogens is 2. The Morgan fingerprint density at radius 2 is 1.71 bits per heavy atom. The summed E-state index contributed by atoms with van der Waals surface area (Å²) in [6.07, 6.45) is 0. The molecule has 1 aliphatic rings. The van der Waals surface area contributed by atoms with Gasteiger partial charge in [0.05, 0.1) is 5.69 Å². The van der Waals surface area contributed by atoms with Crippen LogP contribution in [0, 0.1) is 6.92 Å². The topological polar surface area (TPSA) is 30.5 Å². The zero-order valence-corrected chi connectivity index (χ0v) is 14.8. The molecule has 0 fully saturated rings. The van der Waals surface area contributed by atoms with E-state index >= 15 is 0 Å². The minimum atomic E-state index is 0.596. The second kappa shape index (κ2) is 6.28. The van der Waals surface area contributed by atoms with Gasteiger partial charge in [0.2, 0.25) is 0 Å². The minimum Gasteiger partial charge on any atom is -0.486 e. The third-order valence-corrected chi connectivity index (χ3v) is 4.86. The fraction of sp³-hybridized carbons (Fsp3) is 0.250. The first-order chi connectivity index (χ1) is 10.1. The summed E-state index contributed by atoms with van der Waals surface area (Å²) in [4.78, 5) is 0. The molecule has 0 saturated heterocycles. The molecule has 1 heterocycles. The van der Waals surface area contributed by atoms with Crippen LogP contribution in [-0.4, -0.2) is 13.2 Å². The van der Waals surface area contributed by atoms with Crippen molar-refractivity contribution in [2.45, 2.75) is 13.5 Å². The van der Waals surface area contributed by atoms with Crippen LogP contribution in [0.3, 0.4) is 0 Å². The third kappa shape index (κ3) is 3.35. The Balaban J connectivity index is 1.77. The lowest BCUT2D eigenvalue weighted by molar-refractivity contribution is 0.171. The number of benzene rings is 2. The van der Waals surface area contributed by atoms with Gasteiger partial charge in [-0.05, 0) is 40.0 Å². The van der Waals surface area contributed by atoms with Crippen LogP contribution in [0.25, 0.3) is 0 Å². The number of anilines is 1. The van der Waals surface area contributed by atoms with Crippen molar-refractivity contribution in [3.05, 3.63) is 50.4 Å². The molecule has 2 aromatic rings. The predicted octanol–water partition coefficient (Wildman–Crippen LogP) is 4.90. The lowest BCUT2D eigenvalue weighted by Gasteiger charge is -2.20. The van der Waals surface area contributed by atoms with Crippen LogP contribution in [0.4, 0.5) is 5.69 Å². The van der Waals surface area contributed by atoms with Crippen molar-refractivity contribution in [2.75, 3.05) is 18.5 Å². The Bertz CT molecular complexity index is 674. The first kappa shape index (κ1) is 14.7. The van der Waals surface area contributed by atoms with E-state index in [0.717, 1.165) is 32.7 Å². The van der Waals surface area contributed by atoms with Gasteiger partial charge in [0.1, 0.15) is 13.2 Å². The zero-order valence-electron chi connectivity index (χ0n) is 11.6. The predicted molar refractivity (Wildman–Crippen MR) is 91.3 cm³/mol. The number of fused-ring (bicyclic) bond motifs is 1. The van der Waals surface area contributed by atoms with Gasteiger partial charge in [-0.2, -0.15) is 0 Å². The third-order valence-electron chi connectivity index (χ3n) is 3.35. The maximum Gasteiger partial charge on any atom is 0.163 e. The first-order valence-electron chi connectivity index (χ1n) is 6.71. The van der Waals surface area contributed by atoms with E-state index in [0.29, 0.717) is 13.2 Å². The molecule has 0 aromatic heterocycles. The summed E-state index contributed by atoms with van der Waals surface area (Å²) in [6.45, 7) is 4.03. The standard InChI is InChI=1S/C16H15Br2NO2/c1-10-2-3-11(6-12(10)17)9-19-14-8-16-15(7-13(14)18)20-4-5-21-16/h2-3,6-8,19H,4-5,9H2,1H3. The normalized spacial score (nSPS) is 13.1. The van der Waals surface area contributed by atoms with Crippen molar-refractivity contribution in [2.24, 2.45) is 0 Å². The van der Waals surface area contributed by atoms with Crippen LogP contribution in [0.5, 0.6) is 11.5 Å². The molecule has 110 valence electrons. The number of hydrogen-bond acceptors (Lipinski definition) is 3. The molecule has 0 atom stereocenters. The number of nitrogens with one attached hydrogen (secondary N) is 1. The van der Waals surface area contributed by atoms with Crippen LogP contribution in [0.15, 0.2) is 39.3 Å². The summed E-state index contributed by atoms with van der Waals surface area (Å²) in [5.74, 6) is 1.58. The molecule has 1 N–H and O–H groups in total. The highest BCUT2D eigenvalue weighted by Gasteiger charge is 2.14. The lowest BCUT2D eigenvalue weighted by atomic mass is 10.1. The smallest absolute Gasteiger partial charge is 0.163 e. The highest BCUT2D eigenvalue weighted by molar-refractivity contribution is 9.10. The molecule has 0 saturated carbocycles. The van der Waals surface area contributed by atoms with E-state index in [1.54, 1.807) is 0 Å². The largest absolute Gasteiger partial charge is 0.486 e. The van der Waals surface area contributed by atoms with Crippen LogP contribution >= 0.6 is 31.9 Å². The fourth-order valence-corrected chi connectivity index (χ4v) is 3.03. The summed E-state index contributed by atoms with van der Waals surface area (Å²) < 4.78 is 13.3. The van der Waals surface area contributed by atoms with E-state index in [1.807, 2.05) is 12.1 Å². The lowest BCUT2D eigenvalue weighted by Crippen LogP contribution is -2.15. The molecule has 0 bridgehead atoms. The highest BCUT2D eigenvalue weighted by Crippen LogP contribution is 2.38. The summed E-state index contributed by atoms with van der Waals surface area (Å²) in [6, 6.07) is 10.3. The molecule has 0 aliphatic carbocycles. The highest BCUT2D eigenvalue weighted by atomic mass is 79.9. The van der Waals surface area contributed by atoms with Gasteiger partial charge in [-0.25, -0.2) is 0 Å². The Hall–Kier alpha value is -1.20. The summed E-state index contributed by atoms with van der Waals surface area (Å²) in [5, 5.41) is 3.42. The molecule has 0 unspecified atom stereocenters. The number of aryl methyl sites for hydroxylation is 1. The van der Waals surface area contributed by atoms with Crippen molar-refractivity contribution in [3.8, 4) is 11.5 Å². The van der Waals surface area contributed by atoms with Crippen LogP contribution in [-0.2, 0) is 6.54 Å². The van der Waals surface area contributed by atoms with E-state index in [4.69, 9.17) is 9.47 Å². The quantitative estimate of drug-likeness (QED) is 0.777. The average Bonchev–Trinajstić information content (AvgIpc) is 2.48. The maximum atomic E-state index is 5.61. The summed E-state index contributed by atoms with van der Waals surface area (Å²) in [5.41, 5.74) is 3.45. The molecular weight excluding hydrogens is 398 g/mol. The SMILES string of the molecule is Cc1ccc(CNc2cc3c(cc2Br)OCCO3)cc1Br. The van der Waals surface area contributed by atoms with Gasteiger partial charge in [0, 0.05) is 27.6 Å². The Labute approximate surface area is 140 Å². The molecule has 0 radical (unpaired) electrons. The van der Waals surface area contributed by atoms with Crippen LogP contribution in [0.2, 0.25) is 0 Å². The number of hydrogen-bond donors (Lipinski definition) is 1. The second-order valence-corrected chi connectivity index (χ2v) is 6.62. The monoisotopic (exact) mass is 411 g/mol. The maximum absolute atomic E-state index is 5.61. The van der Waals surface area contributed by atoms with E-state index < -0.39 is 0 Å². The van der Waals surface area contributed by atoms with Crippen molar-refractivity contribution in [1.29, 1.82) is 0 Å². The van der Waals surface area contributed by atoms with Crippen molar-refractivity contribution in [3.63, 3.8) is 0 Å². The van der Waals surface area contributed by atoms with Gasteiger partial charge >= 0.3 is 0 Å². The van der Waals surface area contributed by atoms with Crippen molar-refractivity contribution < 1.29 is 9.47 Å².